The highest BCUT2D eigenvalue weighted by Gasteiger charge is 2.15. The molecule has 0 bridgehead atoms. The molecule has 2 rings (SSSR count). The van der Waals surface area contributed by atoms with Gasteiger partial charge in [-0.3, -0.25) is 0 Å². The van der Waals surface area contributed by atoms with Crippen molar-refractivity contribution in [1.82, 2.24) is 4.98 Å². The smallest absolute Gasteiger partial charge is 0.132 e. The van der Waals surface area contributed by atoms with Crippen LogP contribution in [0, 0.1) is 32.1 Å². The SMILES string of the molecule is Cc1cc(C)c(-c2nc(CCN)sc2C#N)cc1C. The highest BCUT2D eigenvalue weighted by molar-refractivity contribution is 7.12. The quantitative estimate of drug-likeness (QED) is 0.933. The molecule has 98 valence electrons. The van der Waals surface area contributed by atoms with Gasteiger partial charge in [0.05, 0.1) is 10.7 Å². The molecular formula is C15H17N3S. The number of nitriles is 1. The molecule has 2 aromatic rings. The second kappa shape index (κ2) is 5.52. The molecule has 0 amide bonds. The molecule has 0 aliphatic heterocycles. The van der Waals surface area contributed by atoms with Crippen molar-refractivity contribution in [3.05, 3.63) is 38.7 Å². The van der Waals surface area contributed by atoms with Gasteiger partial charge in [-0.25, -0.2) is 4.98 Å². The van der Waals surface area contributed by atoms with Crippen LogP contribution in [0.3, 0.4) is 0 Å². The van der Waals surface area contributed by atoms with Crippen LogP contribution in [0.2, 0.25) is 0 Å². The van der Waals surface area contributed by atoms with E-state index in [0.717, 1.165) is 28.2 Å². The number of nitrogens with zero attached hydrogens (tertiary/aromatic N) is 2. The van der Waals surface area contributed by atoms with Crippen molar-refractivity contribution >= 4 is 11.3 Å². The van der Waals surface area contributed by atoms with E-state index >= 15 is 0 Å². The summed E-state index contributed by atoms with van der Waals surface area (Å²) in [6.07, 6.45) is 0.725. The van der Waals surface area contributed by atoms with Crippen LogP contribution in [0.25, 0.3) is 11.3 Å². The summed E-state index contributed by atoms with van der Waals surface area (Å²) in [6, 6.07) is 6.51. The van der Waals surface area contributed by atoms with Gasteiger partial charge in [0.15, 0.2) is 0 Å². The van der Waals surface area contributed by atoms with Crippen LogP contribution in [0.5, 0.6) is 0 Å². The van der Waals surface area contributed by atoms with Crippen molar-refractivity contribution in [2.45, 2.75) is 27.2 Å². The Hall–Kier alpha value is -1.70. The monoisotopic (exact) mass is 271 g/mol. The van der Waals surface area contributed by atoms with Gasteiger partial charge in [0.2, 0.25) is 0 Å². The summed E-state index contributed by atoms with van der Waals surface area (Å²) >= 11 is 1.45. The molecule has 0 saturated carbocycles. The van der Waals surface area contributed by atoms with E-state index in [1.807, 2.05) is 0 Å². The molecule has 1 heterocycles. The predicted molar refractivity (Wildman–Crippen MR) is 79.2 cm³/mol. The van der Waals surface area contributed by atoms with Gasteiger partial charge in [-0.2, -0.15) is 5.26 Å². The fraction of sp³-hybridized carbons (Fsp3) is 0.333. The number of hydrogen-bond acceptors (Lipinski definition) is 4. The number of benzene rings is 1. The van der Waals surface area contributed by atoms with Crippen LogP contribution in [0.1, 0.15) is 26.6 Å². The summed E-state index contributed by atoms with van der Waals surface area (Å²) in [6.45, 7) is 6.80. The lowest BCUT2D eigenvalue weighted by molar-refractivity contribution is 0.954. The maximum Gasteiger partial charge on any atom is 0.132 e. The lowest BCUT2D eigenvalue weighted by Gasteiger charge is -2.08. The molecule has 0 radical (unpaired) electrons. The largest absolute Gasteiger partial charge is 0.330 e. The number of thiazole rings is 1. The Morgan fingerprint density at radius 3 is 2.53 bits per heavy atom. The van der Waals surface area contributed by atoms with Gasteiger partial charge in [0.1, 0.15) is 10.9 Å². The van der Waals surface area contributed by atoms with E-state index in [-0.39, 0.29) is 0 Å². The van der Waals surface area contributed by atoms with Crippen LogP contribution in [0.15, 0.2) is 12.1 Å². The first-order chi connectivity index (χ1) is 9.06. The van der Waals surface area contributed by atoms with Gasteiger partial charge in [0.25, 0.3) is 0 Å². The molecular weight excluding hydrogens is 254 g/mol. The van der Waals surface area contributed by atoms with Crippen molar-refractivity contribution in [3.8, 4) is 17.3 Å². The highest BCUT2D eigenvalue weighted by Crippen LogP contribution is 2.31. The van der Waals surface area contributed by atoms with Gasteiger partial charge in [-0.15, -0.1) is 11.3 Å². The molecule has 0 atom stereocenters. The zero-order valence-electron chi connectivity index (χ0n) is 11.4. The fourth-order valence-electron chi connectivity index (χ4n) is 2.07. The molecule has 1 aromatic carbocycles. The summed E-state index contributed by atoms with van der Waals surface area (Å²) in [5.41, 5.74) is 11.1. The Morgan fingerprint density at radius 2 is 1.89 bits per heavy atom. The molecule has 2 N–H and O–H groups in total. The van der Waals surface area contributed by atoms with E-state index < -0.39 is 0 Å². The predicted octanol–water partition coefficient (Wildman–Crippen LogP) is 3.11. The van der Waals surface area contributed by atoms with Crippen molar-refractivity contribution in [2.24, 2.45) is 5.73 Å². The first-order valence-electron chi connectivity index (χ1n) is 6.25. The summed E-state index contributed by atoms with van der Waals surface area (Å²) in [7, 11) is 0. The minimum Gasteiger partial charge on any atom is -0.330 e. The second-order valence-corrected chi connectivity index (χ2v) is 5.77. The third-order valence-corrected chi connectivity index (χ3v) is 4.25. The standard InChI is InChI=1S/C15H17N3S/c1-9-6-11(3)12(7-10(9)2)15-13(8-17)19-14(18-15)4-5-16/h6-7H,4-5,16H2,1-3H3. The molecule has 0 aliphatic carbocycles. The van der Waals surface area contributed by atoms with Crippen LogP contribution in [-0.2, 0) is 6.42 Å². The molecule has 0 fully saturated rings. The Balaban J connectivity index is 2.58. The first-order valence-corrected chi connectivity index (χ1v) is 7.06. The third kappa shape index (κ3) is 2.67. The fourth-order valence-corrected chi connectivity index (χ4v) is 2.96. The molecule has 19 heavy (non-hydrogen) atoms. The summed E-state index contributed by atoms with van der Waals surface area (Å²) in [4.78, 5) is 5.26. The summed E-state index contributed by atoms with van der Waals surface area (Å²) in [5, 5.41) is 10.2. The zero-order valence-corrected chi connectivity index (χ0v) is 12.3. The molecule has 0 spiro atoms. The third-order valence-electron chi connectivity index (χ3n) is 3.23. The maximum atomic E-state index is 9.27. The van der Waals surface area contributed by atoms with Crippen molar-refractivity contribution < 1.29 is 0 Å². The van der Waals surface area contributed by atoms with Crippen molar-refractivity contribution in [3.63, 3.8) is 0 Å². The average molecular weight is 271 g/mol. The molecule has 0 aliphatic rings. The minimum atomic E-state index is 0.559. The molecule has 1 aromatic heterocycles. The summed E-state index contributed by atoms with van der Waals surface area (Å²) < 4.78 is 0. The van der Waals surface area contributed by atoms with Gasteiger partial charge in [0, 0.05) is 12.0 Å². The van der Waals surface area contributed by atoms with E-state index in [1.165, 1.54) is 22.5 Å². The van der Waals surface area contributed by atoms with E-state index in [0.29, 0.717) is 11.4 Å². The van der Waals surface area contributed by atoms with Crippen molar-refractivity contribution in [2.75, 3.05) is 6.54 Å². The number of hydrogen-bond donors (Lipinski definition) is 1. The zero-order chi connectivity index (χ0) is 14.0. The lowest BCUT2D eigenvalue weighted by atomic mass is 9.98. The van der Waals surface area contributed by atoms with E-state index in [2.05, 4.69) is 44.0 Å². The Morgan fingerprint density at radius 1 is 1.21 bits per heavy atom. The number of nitrogens with two attached hydrogens (primary N) is 1. The Labute approximate surface area is 117 Å². The molecule has 0 unspecified atom stereocenters. The minimum absolute atomic E-state index is 0.559. The van der Waals surface area contributed by atoms with Gasteiger partial charge < -0.3 is 5.73 Å². The van der Waals surface area contributed by atoms with E-state index in [1.54, 1.807) is 0 Å². The normalized spacial score (nSPS) is 10.5. The lowest BCUT2D eigenvalue weighted by Crippen LogP contribution is -2.02. The molecule has 3 nitrogen and oxygen atoms in total. The van der Waals surface area contributed by atoms with Gasteiger partial charge >= 0.3 is 0 Å². The average Bonchev–Trinajstić information content (AvgIpc) is 2.77. The number of aryl methyl sites for hydroxylation is 3. The molecule has 0 saturated heterocycles. The molecule has 4 heteroatoms. The van der Waals surface area contributed by atoms with Crippen LogP contribution >= 0.6 is 11.3 Å². The number of rotatable bonds is 3. The Kier molecular flexibility index (Phi) is 3.98. The van der Waals surface area contributed by atoms with Crippen LogP contribution in [0.4, 0.5) is 0 Å². The topological polar surface area (TPSA) is 62.7 Å². The Bertz CT molecular complexity index is 650. The highest BCUT2D eigenvalue weighted by atomic mass is 32.1. The second-order valence-electron chi connectivity index (χ2n) is 4.69. The first kappa shape index (κ1) is 13.7. The van der Waals surface area contributed by atoms with Crippen LogP contribution in [-0.4, -0.2) is 11.5 Å². The van der Waals surface area contributed by atoms with E-state index in [4.69, 9.17) is 5.73 Å². The van der Waals surface area contributed by atoms with E-state index in [9.17, 15) is 5.26 Å². The number of aromatic nitrogens is 1. The van der Waals surface area contributed by atoms with Gasteiger partial charge in [-0.1, -0.05) is 6.07 Å². The maximum absolute atomic E-state index is 9.27. The van der Waals surface area contributed by atoms with Crippen molar-refractivity contribution in [1.29, 1.82) is 5.26 Å². The van der Waals surface area contributed by atoms with Crippen LogP contribution < -0.4 is 5.73 Å². The van der Waals surface area contributed by atoms with Gasteiger partial charge in [-0.05, 0) is 50.1 Å². The summed E-state index contributed by atoms with van der Waals surface area (Å²) in [5.74, 6) is 0.